The second kappa shape index (κ2) is 5.75. The predicted octanol–water partition coefficient (Wildman–Crippen LogP) is 4.14. The Balaban J connectivity index is 2.42. The fraction of sp³-hybridized carbons (Fsp3) is 0.286. The molecule has 0 aliphatic rings. The average Bonchev–Trinajstić information content (AvgIpc) is 2.37. The van der Waals surface area contributed by atoms with Gasteiger partial charge in [0, 0.05) is 16.0 Å². The van der Waals surface area contributed by atoms with E-state index in [1.165, 1.54) is 12.1 Å². The third-order valence-electron chi connectivity index (χ3n) is 2.90. The molecule has 0 unspecified atom stereocenters. The minimum atomic E-state index is -0.302. The van der Waals surface area contributed by atoms with Gasteiger partial charge < -0.3 is 11.1 Å². The van der Waals surface area contributed by atoms with Gasteiger partial charge in [0.1, 0.15) is 23.3 Å². The number of nitrogens with two attached hydrogens (primary N) is 1. The van der Waals surface area contributed by atoms with E-state index in [0.717, 1.165) is 11.3 Å². The first-order valence-corrected chi connectivity index (χ1v) is 7.04. The third-order valence-corrected chi connectivity index (χ3v) is 3.56. The summed E-state index contributed by atoms with van der Waals surface area (Å²) >= 11 is 3.32. The molecule has 6 heteroatoms. The molecule has 2 aromatic rings. The van der Waals surface area contributed by atoms with Gasteiger partial charge in [-0.25, -0.2) is 14.4 Å². The molecule has 3 N–H and O–H groups in total. The van der Waals surface area contributed by atoms with Crippen molar-refractivity contribution in [3.05, 3.63) is 39.9 Å². The van der Waals surface area contributed by atoms with Crippen molar-refractivity contribution < 1.29 is 4.39 Å². The van der Waals surface area contributed by atoms with Crippen molar-refractivity contribution in [1.82, 2.24) is 9.97 Å². The zero-order chi connectivity index (χ0) is 14.9. The second-order valence-corrected chi connectivity index (χ2v) is 5.70. The van der Waals surface area contributed by atoms with E-state index in [2.05, 4.69) is 31.2 Å². The van der Waals surface area contributed by atoms with Gasteiger partial charge in [-0.3, -0.25) is 0 Å². The molecule has 0 aliphatic heterocycles. The van der Waals surface area contributed by atoms with Gasteiger partial charge in [-0.05, 0) is 41.1 Å². The number of halogens is 2. The molecular formula is C14H16BrFN4. The van der Waals surface area contributed by atoms with E-state index < -0.39 is 0 Å². The lowest BCUT2D eigenvalue weighted by Crippen LogP contribution is -2.08. The van der Waals surface area contributed by atoms with Crippen LogP contribution in [0.1, 0.15) is 31.2 Å². The molecule has 0 bridgehead atoms. The first-order chi connectivity index (χ1) is 9.38. The van der Waals surface area contributed by atoms with Gasteiger partial charge in [-0.1, -0.05) is 13.8 Å². The number of nitrogen functional groups attached to an aromatic ring is 1. The average molecular weight is 339 g/mol. The zero-order valence-electron chi connectivity index (χ0n) is 11.5. The van der Waals surface area contributed by atoms with Crippen LogP contribution in [0.15, 0.2) is 22.7 Å². The van der Waals surface area contributed by atoms with E-state index >= 15 is 0 Å². The summed E-state index contributed by atoms with van der Waals surface area (Å²) in [4.78, 5) is 8.74. The first-order valence-electron chi connectivity index (χ1n) is 6.24. The van der Waals surface area contributed by atoms with Crippen LogP contribution >= 0.6 is 15.9 Å². The van der Waals surface area contributed by atoms with Crippen LogP contribution in [0.4, 0.5) is 21.7 Å². The van der Waals surface area contributed by atoms with Gasteiger partial charge in [-0.15, -0.1) is 0 Å². The molecule has 2 rings (SSSR count). The van der Waals surface area contributed by atoms with Crippen molar-refractivity contribution in [3.8, 4) is 0 Å². The van der Waals surface area contributed by atoms with Crippen LogP contribution in [-0.4, -0.2) is 9.97 Å². The monoisotopic (exact) mass is 338 g/mol. The van der Waals surface area contributed by atoms with Gasteiger partial charge in [-0.2, -0.15) is 0 Å². The number of aromatic nitrogens is 2. The highest BCUT2D eigenvalue weighted by molar-refractivity contribution is 9.10. The van der Waals surface area contributed by atoms with Crippen LogP contribution in [0.2, 0.25) is 0 Å². The van der Waals surface area contributed by atoms with E-state index in [1.807, 2.05) is 20.8 Å². The summed E-state index contributed by atoms with van der Waals surface area (Å²) in [5.74, 6) is 1.63. The molecule has 0 radical (unpaired) electrons. The maximum Gasteiger partial charge on any atom is 0.139 e. The molecule has 0 saturated carbocycles. The Labute approximate surface area is 125 Å². The molecule has 1 aromatic carbocycles. The Morgan fingerprint density at radius 1 is 1.30 bits per heavy atom. The van der Waals surface area contributed by atoms with Crippen molar-refractivity contribution in [1.29, 1.82) is 0 Å². The van der Waals surface area contributed by atoms with Crippen LogP contribution in [0.25, 0.3) is 0 Å². The van der Waals surface area contributed by atoms with Crippen molar-refractivity contribution in [2.75, 3.05) is 11.1 Å². The van der Waals surface area contributed by atoms with Crippen molar-refractivity contribution in [2.45, 2.75) is 26.7 Å². The van der Waals surface area contributed by atoms with Crippen molar-refractivity contribution in [3.63, 3.8) is 0 Å². The normalized spacial score (nSPS) is 10.9. The maximum atomic E-state index is 13.1. The fourth-order valence-corrected chi connectivity index (χ4v) is 2.10. The van der Waals surface area contributed by atoms with Crippen LogP contribution in [-0.2, 0) is 0 Å². The smallest absolute Gasteiger partial charge is 0.139 e. The number of nitrogens with zero attached hydrogens (tertiary/aromatic N) is 2. The Morgan fingerprint density at radius 3 is 2.60 bits per heavy atom. The summed E-state index contributed by atoms with van der Waals surface area (Å²) in [6.45, 7) is 5.85. The largest absolute Gasteiger partial charge is 0.383 e. The predicted molar refractivity (Wildman–Crippen MR) is 82.7 cm³/mol. The molecule has 4 nitrogen and oxygen atoms in total. The van der Waals surface area contributed by atoms with E-state index in [1.54, 1.807) is 6.07 Å². The summed E-state index contributed by atoms with van der Waals surface area (Å²) in [6.07, 6.45) is 0. The Hall–Kier alpha value is -1.69. The van der Waals surface area contributed by atoms with E-state index in [9.17, 15) is 4.39 Å². The molecule has 0 atom stereocenters. The number of rotatable bonds is 3. The standard InChI is InChI=1S/C14H16BrFN4/c1-7(2)13-19-12(17)8(3)14(20-13)18-11-5-4-9(16)6-10(11)15/h4-7H,1-3H3,(H3,17,18,19,20). The zero-order valence-corrected chi connectivity index (χ0v) is 13.1. The highest BCUT2D eigenvalue weighted by Gasteiger charge is 2.12. The maximum absolute atomic E-state index is 13.1. The van der Waals surface area contributed by atoms with E-state index in [-0.39, 0.29) is 11.7 Å². The molecule has 1 heterocycles. The molecule has 0 aliphatic carbocycles. The summed E-state index contributed by atoms with van der Waals surface area (Å²) in [6, 6.07) is 4.42. The number of hydrogen-bond acceptors (Lipinski definition) is 4. The highest BCUT2D eigenvalue weighted by Crippen LogP contribution is 2.29. The lowest BCUT2D eigenvalue weighted by molar-refractivity contribution is 0.627. The Kier molecular flexibility index (Phi) is 4.23. The van der Waals surface area contributed by atoms with Gasteiger partial charge >= 0.3 is 0 Å². The second-order valence-electron chi connectivity index (χ2n) is 4.84. The van der Waals surface area contributed by atoms with Crippen LogP contribution < -0.4 is 11.1 Å². The molecule has 0 amide bonds. The lowest BCUT2D eigenvalue weighted by atomic mass is 10.2. The molecule has 1 aromatic heterocycles. The van der Waals surface area contributed by atoms with Crippen LogP contribution in [0.3, 0.4) is 0 Å². The first kappa shape index (κ1) is 14.7. The van der Waals surface area contributed by atoms with Crippen LogP contribution in [0, 0.1) is 12.7 Å². The highest BCUT2D eigenvalue weighted by atomic mass is 79.9. The summed E-state index contributed by atoms with van der Waals surface area (Å²) in [7, 11) is 0. The van der Waals surface area contributed by atoms with Crippen molar-refractivity contribution in [2.24, 2.45) is 0 Å². The number of nitrogens with one attached hydrogen (secondary N) is 1. The molecule has 0 saturated heterocycles. The molecule has 0 spiro atoms. The lowest BCUT2D eigenvalue weighted by Gasteiger charge is -2.14. The minimum absolute atomic E-state index is 0.176. The SMILES string of the molecule is Cc1c(N)nc(C(C)C)nc1Nc1ccc(F)cc1Br. The molecule has 20 heavy (non-hydrogen) atoms. The quantitative estimate of drug-likeness (QED) is 0.882. The third kappa shape index (κ3) is 3.07. The van der Waals surface area contributed by atoms with Crippen molar-refractivity contribution >= 4 is 33.3 Å². The van der Waals surface area contributed by atoms with Gasteiger partial charge in [0.25, 0.3) is 0 Å². The Morgan fingerprint density at radius 2 is 2.00 bits per heavy atom. The summed E-state index contributed by atoms with van der Waals surface area (Å²) in [5, 5.41) is 3.16. The van der Waals surface area contributed by atoms with Gasteiger partial charge in [0.05, 0.1) is 5.69 Å². The topological polar surface area (TPSA) is 63.8 Å². The summed E-state index contributed by atoms with van der Waals surface area (Å²) in [5.41, 5.74) is 7.41. The van der Waals surface area contributed by atoms with E-state index in [4.69, 9.17) is 5.73 Å². The number of hydrogen-bond donors (Lipinski definition) is 2. The summed E-state index contributed by atoms with van der Waals surface area (Å²) < 4.78 is 13.7. The fourth-order valence-electron chi connectivity index (χ4n) is 1.65. The van der Waals surface area contributed by atoms with E-state index in [0.29, 0.717) is 21.9 Å². The number of benzene rings is 1. The minimum Gasteiger partial charge on any atom is -0.383 e. The molecule has 106 valence electrons. The van der Waals surface area contributed by atoms with Gasteiger partial charge in [0.15, 0.2) is 0 Å². The van der Waals surface area contributed by atoms with Crippen LogP contribution in [0.5, 0.6) is 0 Å². The number of anilines is 3. The molecular weight excluding hydrogens is 323 g/mol. The Bertz CT molecular complexity index is 643. The molecule has 0 fully saturated rings. The van der Waals surface area contributed by atoms with Gasteiger partial charge in [0.2, 0.25) is 0 Å².